The number of carbonyl (C=O) groups is 3. The number of amides is 2. The van der Waals surface area contributed by atoms with Crippen LogP contribution < -0.4 is 25.2 Å². The number of anilines is 2. The number of nitrogen functional groups attached to an aromatic ring is 1. The Bertz CT molecular complexity index is 1520. The maximum absolute atomic E-state index is 12.9. The second-order valence-electron chi connectivity index (χ2n) is 6.60. The molecule has 0 aliphatic heterocycles. The smallest absolute Gasteiger partial charge is 0.347 e. The lowest BCUT2D eigenvalue weighted by Gasteiger charge is -2.08. The molecule has 0 atom stereocenters. The molecule has 0 radical (unpaired) electrons. The number of thiophene rings is 1. The Labute approximate surface area is 232 Å². The van der Waals surface area contributed by atoms with Gasteiger partial charge in [-0.1, -0.05) is 23.2 Å². The number of hydrogen-bond donors (Lipinski definition) is 5. The van der Waals surface area contributed by atoms with E-state index in [1.54, 1.807) is 4.72 Å². The quantitative estimate of drug-likeness (QED) is 0.224. The van der Waals surface area contributed by atoms with Gasteiger partial charge in [-0.2, -0.15) is 24.3 Å². The van der Waals surface area contributed by atoms with Crippen LogP contribution in [-0.2, 0) is 14.8 Å². The zero-order chi connectivity index (χ0) is 29.5. The summed E-state index contributed by atoms with van der Waals surface area (Å²) in [6.45, 7) is 0.821. The SMILES string of the molecule is COc1nc(C)nc(NC(=O)NS(=O)(=O)c2ccsc2C(=O)O)n1.Nc1c(Cl)c(F)nc(OCC(=O)O)c1Cl. The number of aryl methyl sites for hydroxylation is 1. The van der Waals surface area contributed by atoms with Crippen LogP contribution >= 0.6 is 34.5 Å². The maximum Gasteiger partial charge on any atom is 0.347 e. The van der Waals surface area contributed by atoms with E-state index in [0.717, 1.165) is 17.4 Å². The molecule has 2 amide bonds. The molecule has 0 spiro atoms. The van der Waals surface area contributed by atoms with Gasteiger partial charge in [-0.25, -0.2) is 27.5 Å². The number of hydrogen-bond acceptors (Lipinski definition) is 13. The fourth-order valence-electron chi connectivity index (χ4n) is 2.31. The topological polar surface area (TPSA) is 246 Å². The first kappa shape index (κ1) is 31.1. The molecular formula is C18H16Cl2FN7O9S2. The number of aromatic carboxylic acids is 1. The van der Waals surface area contributed by atoms with Crippen LogP contribution in [0, 0.1) is 12.9 Å². The van der Waals surface area contributed by atoms with E-state index in [9.17, 15) is 27.2 Å². The van der Waals surface area contributed by atoms with Gasteiger partial charge in [-0.3, -0.25) is 5.32 Å². The van der Waals surface area contributed by atoms with Crippen molar-refractivity contribution in [3.63, 3.8) is 0 Å². The lowest BCUT2D eigenvalue weighted by molar-refractivity contribution is -0.139. The Hall–Kier alpha value is -4.07. The average Bonchev–Trinajstić information content (AvgIpc) is 3.35. The van der Waals surface area contributed by atoms with Gasteiger partial charge in [0.15, 0.2) is 6.61 Å². The molecule has 0 aliphatic rings. The molecule has 6 N–H and O–H groups in total. The number of rotatable bonds is 8. The van der Waals surface area contributed by atoms with Crippen LogP contribution in [0.1, 0.15) is 15.5 Å². The van der Waals surface area contributed by atoms with E-state index < -0.39 is 61.2 Å². The standard InChI is InChI=1S/C11H11N5O6S2.C7H5Cl2FN2O3/c1-5-12-9(15-11(13-5)22-2)14-10(19)16-24(20,21)6-3-4-23-7(6)8(17)18;8-3-5(11)4(9)7(12-6(3)10)15-1-2(13)14/h3-4H,1-2H3,(H,17,18)(H2,12,13,14,15,16,19);1H2,(H2,11,12)(H,13,14). The first-order valence-electron chi connectivity index (χ1n) is 9.72. The summed E-state index contributed by atoms with van der Waals surface area (Å²) in [7, 11) is -3.06. The van der Waals surface area contributed by atoms with Gasteiger partial charge in [0.1, 0.15) is 25.6 Å². The normalized spacial score (nSPS) is 10.6. The summed E-state index contributed by atoms with van der Waals surface area (Å²) >= 11 is 11.7. The number of pyridine rings is 1. The van der Waals surface area contributed by atoms with Crippen LogP contribution in [0.15, 0.2) is 16.3 Å². The number of carboxylic acid groups (broad SMARTS) is 2. The highest BCUT2D eigenvalue weighted by atomic mass is 35.5. The van der Waals surface area contributed by atoms with E-state index in [4.69, 9.17) is 43.9 Å². The molecule has 3 heterocycles. The minimum absolute atomic E-state index is 0.0633. The number of carbonyl (C=O) groups excluding carboxylic acids is 1. The third-order valence-electron chi connectivity index (χ3n) is 3.85. The Morgan fingerprint density at radius 3 is 2.41 bits per heavy atom. The Morgan fingerprint density at radius 1 is 1.15 bits per heavy atom. The molecule has 0 unspecified atom stereocenters. The molecule has 3 aromatic rings. The van der Waals surface area contributed by atoms with Crippen molar-refractivity contribution in [2.45, 2.75) is 11.8 Å². The van der Waals surface area contributed by atoms with Gasteiger partial charge in [0.2, 0.25) is 17.8 Å². The van der Waals surface area contributed by atoms with Crippen molar-refractivity contribution in [1.82, 2.24) is 24.7 Å². The third-order valence-corrected chi connectivity index (χ3v) is 6.98. The number of methoxy groups -OCH3 is 1. The second-order valence-corrected chi connectivity index (χ2v) is 9.93. The summed E-state index contributed by atoms with van der Waals surface area (Å²) in [5.41, 5.74) is 5.07. The third kappa shape index (κ3) is 8.46. The fraction of sp³-hybridized carbons (Fsp3) is 0.167. The average molecular weight is 628 g/mol. The van der Waals surface area contributed by atoms with Gasteiger partial charge in [-0.05, 0) is 18.4 Å². The number of urea groups is 1. The van der Waals surface area contributed by atoms with Gasteiger partial charge in [0.05, 0.1) is 12.8 Å². The van der Waals surface area contributed by atoms with Crippen molar-refractivity contribution in [2.75, 3.05) is 24.8 Å². The van der Waals surface area contributed by atoms with Crippen LogP contribution in [0.3, 0.4) is 0 Å². The molecule has 0 bridgehead atoms. The Kier molecular flexibility index (Phi) is 10.5. The largest absolute Gasteiger partial charge is 0.479 e. The number of sulfonamides is 1. The van der Waals surface area contributed by atoms with E-state index in [1.165, 1.54) is 19.4 Å². The molecule has 0 aromatic carbocycles. The molecular weight excluding hydrogens is 612 g/mol. The molecule has 210 valence electrons. The number of nitrogens with zero attached hydrogens (tertiary/aromatic N) is 4. The van der Waals surface area contributed by atoms with Crippen LogP contribution in [0.4, 0.5) is 20.8 Å². The molecule has 21 heteroatoms. The monoisotopic (exact) mass is 627 g/mol. The first-order valence-corrected chi connectivity index (χ1v) is 12.8. The highest BCUT2D eigenvalue weighted by Crippen LogP contribution is 2.35. The number of carboxylic acids is 2. The lowest BCUT2D eigenvalue weighted by Crippen LogP contribution is -2.35. The molecule has 3 rings (SSSR count). The van der Waals surface area contributed by atoms with E-state index in [0.29, 0.717) is 0 Å². The van der Waals surface area contributed by atoms with E-state index >= 15 is 0 Å². The molecule has 0 saturated heterocycles. The van der Waals surface area contributed by atoms with Gasteiger partial charge >= 0.3 is 24.0 Å². The van der Waals surface area contributed by atoms with Gasteiger partial charge in [0.25, 0.3) is 10.0 Å². The van der Waals surface area contributed by atoms with Crippen molar-refractivity contribution in [3.05, 3.63) is 38.1 Å². The van der Waals surface area contributed by atoms with Gasteiger partial charge in [-0.15, -0.1) is 11.3 Å². The minimum Gasteiger partial charge on any atom is -0.479 e. The minimum atomic E-state index is -4.37. The Morgan fingerprint density at radius 2 is 1.82 bits per heavy atom. The molecule has 0 saturated carbocycles. The number of nitrogens with one attached hydrogen (secondary N) is 2. The van der Waals surface area contributed by atoms with Crippen LogP contribution in [0.25, 0.3) is 0 Å². The summed E-state index contributed by atoms with van der Waals surface area (Å²) in [6.07, 6.45) is 0. The summed E-state index contributed by atoms with van der Waals surface area (Å²) in [5, 5.41) is 20.0. The van der Waals surface area contributed by atoms with Gasteiger partial charge in [0, 0.05) is 0 Å². The number of nitrogens with two attached hydrogens (primary N) is 1. The zero-order valence-corrected chi connectivity index (χ0v) is 22.6. The van der Waals surface area contributed by atoms with Crippen molar-refractivity contribution >= 4 is 74.2 Å². The molecule has 3 aromatic heterocycles. The second kappa shape index (κ2) is 13.1. The number of halogens is 3. The van der Waals surface area contributed by atoms with E-state index in [2.05, 4.69) is 30.0 Å². The van der Waals surface area contributed by atoms with Crippen molar-refractivity contribution in [2.24, 2.45) is 0 Å². The Balaban J connectivity index is 0.000000306. The lowest BCUT2D eigenvalue weighted by atomic mass is 10.4. The number of aliphatic carboxylic acids is 1. The van der Waals surface area contributed by atoms with Crippen molar-refractivity contribution in [1.29, 1.82) is 0 Å². The molecule has 0 aliphatic carbocycles. The van der Waals surface area contributed by atoms with Crippen molar-refractivity contribution in [3.8, 4) is 11.9 Å². The van der Waals surface area contributed by atoms with E-state index in [1.807, 2.05) is 0 Å². The van der Waals surface area contributed by atoms with Gasteiger partial charge < -0.3 is 25.4 Å². The highest BCUT2D eigenvalue weighted by Gasteiger charge is 2.26. The number of aromatic nitrogens is 4. The predicted octanol–water partition coefficient (Wildman–Crippen LogP) is 2.03. The predicted molar refractivity (Wildman–Crippen MR) is 133 cm³/mol. The van der Waals surface area contributed by atoms with Crippen LogP contribution in [0.5, 0.6) is 11.9 Å². The van der Waals surface area contributed by atoms with Crippen LogP contribution in [0.2, 0.25) is 10.0 Å². The summed E-state index contributed by atoms with van der Waals surface area (Å²) in [5.74, 6) is -4.12. The highest BCUT2D eigenvalue weighted by molar-refractivity contribution is 7.90. The van der Waals surface area contributed by atoms with E-state index in [-0.39, 0.29) is 28.5 Å². The molecule has 0 fully saturated rings. The zero-order valence-electron chi connectivity index (χ0n) is 19.4. The number of ether oxygens (including phenoxy) is 2. The summed E-state index contributed by atoms with van der Waals surface area (Å²) in [6, 6.07) is -0.142. The maximum atomic E-state index is 12.9. The first-order chi connectivity index (χ1) is 18.2. The summed E-state index contributed by atoms with van der Waals surface area (Å²) < 4.78 is 48.2. The fourth-order valence-corrected chi connectivity index (χ4v) is 4.85. The molecule has 16 nitrogen and oxygen atoms in total. The van der Waals surface area contributed by atoms with Crippen LogP contribution in [-0.4, -0.2) is 70.3 Å². The van der Waals surface area contributed by atoms with Crippen molar-refractivity contribution < 1.29 is 46.9 Å². The summed E-state index contributed by atoms with van der Waals surface area (Å²) in [4.78, 5) is 46.6. The molecule has 39 heavy (non-hydrogen) atoms.